The van der Waals surface area contributed by atoms with Crippen LogP contribution in [0.4, 0.5) is 4.79 Å². The molecule has 1 heterocycles. The van der Waals surface area contributed by atoms with E-state index in [4.69, 9.17) is 9.47 Å². The number of carbonyl (C=O) groups is 2. The molecule has 1 amide bonds. The van der Waals surface area contributed by atoms with Crippen LogP contribution in [0.25, 0.3) is 11.1 Å². The fourth-order valence-corrected chi connectivity index (χ4v) is 4.17. The number of carboxylic acid groups (broad SMARTS) is 1. The maximum absolute atomic E-state index is 12.7. The summed E-state index contributed by atoms with van der Waals surface area (Å²) in [6, 6.07) is 16.2. The number of fused-ring (bicyclic) bond motifs is 3. The normalized spacial score (nSPS) is 15.5. The Labute approximate surface area is 188 Å². The van der Waals surface area contributed by atoms with Gasteiger partial charge in [0.15, 0.2) is 0 Å². The Morgan fingerprint density at radius 1 is 1.03 bits per heavy atom. The molecule has 166 valence electrons. The van der Waals surface area contributed by atoms with E-state index in [1.54, 1.807) is 0 Å². The van der Waals surface area contributed by atoms with Gasteiger partial charge in [-0.2, -0.15) is 0 Å². The number of hydrogen-bond donors (Lipinski definition) is 1. The molecule has 0 saturated carbocycles. The van der Waals surface area contributed by atoms with Crippen LogP contribution in [0, 0.1) is 0 Å². The van der Waals surface area contributed by atoms with Gasteiger partial charge in [0.1, 0.15) is 13.2 Å². The predicted molar refractivity (Wildman–Crippen MR) is 119 cm³/mol. The van der Waals surface area contributed by atoms with Crippen molar-refractivity contribution in [1.82, 2.24) is 9.80 Å². The maximum Gasteiger partial charge on any atom is 0.410 e. The van der Waals surface area contributed by atoms with Crippen LogP contribution in [0.15, 0.2) is 48.5 Å². The lowest BCUT2D eigenvalue weighted by Gasteiger charge is -2.29. The minimum atomic E-state index is -1.05. The summed E-state index contributed by atoms with van der Waals surface area (Å²) in [6.45, 7) is 3.59. The van der Waals surface area contributed by atoms with Gasteiger partial charge in [-0.3, -0.25) is 14.6 Å². The van der Waals surface area contributed by atoms with Gasteiger partial charge in [-0.15, -0.1) is 12.4 Å². The van der Waals surface area contributed by atoms with Gasteiger partial charge in [0.05, 0.1) is 13.2 Å². The van der Waals surface area contributed by atoms with Crippen molar-refractivity contribution in [2.45, 2.75) is 5.92 Å². The highest BCUT2D eigenvalue weighted by atomic mass is 35.5. The zero-order valence-electron chi connectivity index (χ0n) is 17.2. The first kappa shape index (κ1) is 23.1. The van der Waals surface area contributed by atoms with E-state index in [0.717, 1.165) is 35.3 Å². The van der Waals surface area contributed by atoms with Gasteiger partial charge in [0.25, 0.3) is 0 Å². The third-order valence-electron chi connectivity index (χ3n) is 5.71. The first-order valence-corrected chi connectivity index (χ1v) is 10.3. The minimum absolute atomic E-state index is 0. The summed E-state index contributed by atoms with van der Waals surface area (Å²) in [7, 11) is 0. The van der Waals surface area contributed by atoms with Crippen molar-refractivity contribution >= 4 is 24.5 Å². The molecule has 4 rings (SSSR count). The van der Waals surface area contributed by atoms with Crippen molar-refractivity contribution < 1.29 is 24.2 Å². The smallest absolute Gasteiger partial charge is 0.410 e. The zero-order chi connectivity index (χ0) is 20.9. The molecule has 1 aliphatic heterocycles. The second-order valence-corrected chi connectivity index (χ2v) is 7.57. The van der Waals surface area contributed by atoms with Crippen molar-refractivity contribution in [1.29, 1.82) is 0 Å². The van der Waals surface area contributed by atoms with Crippen LogP contribution in [0.5, 0.6) is 0 Å². The first-order chi connectivity index (χ1) is 14.6. The van der Waals surface area contributed by atoms with Gasteiger partial charge in [-0.05, 0) is 22.3 Å². The van der Waals surface area contributed by atoms with Gasteiger partial charge >= 0.3 is 12.1 Å². The summed E-state index contributed by atoms with van der Waals surface area (Å²) >= 11 is 0. The van der Waals surface area contributed by atoms with E-state index in [0.29, 0.717) is 26.3 Å². The highest BCUT2D eigenvalue weighted by molar-refractivity contribution is 5.85. The fourth-order valence-electron chi connectivity index (χ4n) is 4.17. The second-order valence-electron chi connectivity index (χ2n) is 7.57. The van der Waals surface area contributed by atoms with E-state index in [2.05, 4.69) is 29.2 Å². The van der Waals surface area contributed by atoms with Crippen molar-refractivity contribution in [2.24, 2.45) is 0 Å². The van der Waals surface area contributed by atoms with E-state index < -0.39 is 12.1 Å². The topological polar surface area (TPSA) is 79.3 Å². The van der Waals surface area contributed by atoms with E-state index in [1.165, 1.54) is 4.90 Å². The molecule has 2 aromatic rings. The lowest BCUT2D eigenvalue weighted by molar-refractivity contribution is -0.138. The zero-order valence-corrected chi connectivity index (χ0v) is 18.1. The Kier molecular flexibility index (Phi) is 7.90. The maximum atomic E-state index is 12.7. The molecule has 31 heavy (non-hydrogen) atoms. The van der Waals surface area contributed by atoms with Crippen LogP contribution < -0.4 is 0 Å². The Morgan fingerprint density at radius 3 is 2.19 bits per heavy atom. The van der Waals surface area contributed by atoms with Gasteiger partial charge in [0.2, 0.25) is 0 Å². The highest BCUT2D eigenvalue weighted by Gasteiger charge is 2.30. The van der Waals surface area contributed by atoms with Crippen molar-refractivity contribution in [2.75, 3.05) is 52.5 Å². The number of carboxylic acids is 1. The third-order valence-corrected chi connectivity index (χ3v) is 5.71. The monoisotopic (exact) mass is 446 g/mol. The first-order valence-electron chi connectivity index (χ1n) is 10.3. The predicted octanol–water partition coefficient (Wildman–Crippen LogP) is 3.08. The lowest BCUT2D eigenvalue weighted by Crippen LogP contribution is -2.44. The van der Waals surface area contributed by atoms with E-state index >= 15 is 0 Å². The standard InChI is InChI=1S/C23H26N2O5.ClH/c26-22(27)15-25(10-9-24-11-13-29-14-12-24)23(28)30-16-21-19-7-3-1-5-17(19)18-6-2-4-8-20(18)21;/h1-8,21H,9-16H2,(H,26,27);1H. The summed E-state index contributed by atoms with van der Waals surface area (Å²) in [5.74, 6) is -1.10. The SMILES string of the molecule is Cl.O=C(O)CN(CCN1CCOCC1)C(=O)OCC1c2ccccc2-c2ccccc21. The number of carbonyl (C=O) groups excluding carboxylic acids is 1. The number of aliphatic carboxylic acids is 1. The molecule has 0 spiro atoms. The van der Waals surface area contributed by atoms with Crippen LogP contribution in [0.3, 0.4) is 0 Å². The average Bonchev–Trinajstić information content (AvgIpc) is 3.09. The van der Waals surface area contributed by atoms with Crippen LogP contribution in [0.2, 0.25) is 0 Å². The van der Waals surface area contributed by atoms with Crippen LogP contribution in [-0.2, 0) is 14.3 Å². The molecular formula is C23H27ClN2O5. The Bertz CT molecular complexity index is 871. The third kappa shape index (κ3) is 5.36. The molecule has 0 radical (unpaired) electrons. The van der Waals surface area contributed by atoms with Crippen LogP contribution in [0.1, 0.15) is 17.0 Å². The number of halogens is 1. The molecule has 8 heteroatoms. The summed E-state index contributed by atoms with van der Waals surface area (Å²) in [4.78, 5) is 27.4. The summed E-state index contributed by atoms with van der Waals surface area (Å²) < 4.78 is 11.0. The summed E-state index contributed by atoms with van der Waals surface area (Å²) in [6.07, 6.45) is -0.590. The van der Waals surface area contributed by atoms with Crippen molar-refractivity contribution in [3.05, 3.63) is 59.7 Å². The lowest BCUT2D eigenvalue weighted by atomic mass is 9.98. The molecule has 0 aromatic heterocycles. The van der Waals surface area contributed by atoms with E-state index in [9.17, 15) is 14.7 Å². The van der Waals surface area contributed by atoms with E-state index in [1.807, 2.05) is 24.3 Å². The molecule has 1 fully saturated rings. The van der Waals surface area contributed by atoms with Gasteiger partial charge in [-0.25, -0.2) is 4.79 Å². The molecular weight excluding hydrogens is 420 g/mol. The molecule has 0 unspecified atom stereocenters. The number of benzene rings is 2. The molecule has 2 aromatic carbocycles. The molecule has 1 N–H and O–H groups in total. The largest absolute Gasteiger partial charge is 0.480 e. The summed E-state index contributed by atoms with van der Waals surface area (Å²) in [5.41, 5.74) is 4.57. The molecule has 7 nitrogen and oxygen atoms in total. The van der Waals surface area contributed by atoms with E-state index in [-0.39, 0.29) is 31.5 Å². The Hall–Kier alpha value is -2.61. The fraction of sp³-hybridized carbons (Fsp3) is 0.391. The number of nitrogens with zero attached hydrogens (tertiary/aromatic N) is 2. The average molecular weight is 447 g/mol. The minimum Gasteiger partial charge on any atom is -0.480 e. The van der Waals surface area contributed by atoms with Crippen molar-refractivity contribution in [3.63, 3.8) is 0 Å². The molecule has 1 saturated heterocycles. The molecule has 0 atom stereocenters. The molecule has 0 bridgehead atoms. The number of morpholine rings is 1. The van der Waals surface area contributed by atoms with Crippen LogP contribution >= 0.6 is 12.4 Å². The quantitative estimate of drug-likeness (QED) is 0.704. The number of rotatable bonds is 7. The number of amides is 1. The second kappa shape index (κ2) is 10.6. The van der Waals surface area contributed by atoms with Crippen LogP contribution in [-0.4, -0.2) is 79.5 Å². The van der Waals surface area contributed by atoms with Gasteiger partial charge < -0.3 is 14.6 Å². The number of ether oxygens (including phenoxy) is 2. The Balaban J connectivity index is 0.00000272. The Morgan fingerprint density at radius 2 is 1.61 bits per heavy atom. The van der Waals surface area contributed by atoms with Gasteiger partial charge in [-0.1, -0.05) is 48.5 Å². The molecule has 1 aliphatic carbocycles. The highest BCUT2D eigenvalue weighted by Crippen LogP contribution is 2.44. The van der Waals surface area contributed by atoms with Crippen molar-refractivity contribution in [3.8, 4) is 11.1 Å². The summed E-state index contributed by atoms with van der Waals surface area (Å²) in [5, 5.41) is 9.23. The van der Waals surface area contributed by atoms with Gasteiger partial charge in [0, 0.05) is 32.1 Å². The molecule has 2 aliphatic rings. The number of hydrogen-bond acceptors (Lipinski definition) is 5.